The van der Waals surface area contributed by atoms with Crippen molar-refractivity contribution in [3.8, 4) is 0 Å². The van der Waals surface area contributed by atoms with Crippen molar-refractivity contribution in [2.45, 2.75) is 39.2 Å². The van der Waals surface area contributed by atoms with Crippen LogP contribution in [0.3, 0.4) is 0 Å². The van der Waals surface area contributed by atoms with Crippen LogP contribution in [0.1, 0.15) is 33.6 Å². The van der Waals surface area contributed by atoms with Crippen LogP contribution in [0.15, 0.2) is 0 Å². The van der Waals surface area contributed by atoms with Gasteiger partial charge in [-0.05, 0) is 33.6 Å². The van der Waals surface area contributed by atoms with Crippen molar-refractivity contribution in [1.82, 2.24) is 6.15 Å². The predicted octanol–water partition coefficient (Wildman–Crippen LogP) is 1.74. The zero-order valence-electron chi connectivity index (χ0n) is 7.89. The Bertz CT molecular complexity index is 61.0. The smallest absolute Gasteiger partial charge is 0.0563 e. The molecule has 1 fully saturated rings. The lowest BCUT2D eigenvalue weighted by molar-refractivity contribution is 0.102. The third-order valence-electron chi connectivity index (χ3n) is 0.827. The topological polar surface area (TPSA) is 64.5 Å². The van der Waals surface area contributed by atoms with Crippen molar-refractivity contribution in [2.75, 3.05) is 13.2 Å². The van der Waals surface area contributed by atoms with Crippen LogP contribution in [-0.4, -0.2) is 23.9 Å². The summed E-state index contributed by atoms with van der Waals surface area (Å²) >= 11 is 0. The molecule has 1 aliphatic rings. The van der Waals surface area contributed by atoms with Crippen LogP contribution < -0.4 is 6.15 Å². The third-order valence-corrected chi connectivity index (χ3v) is 0.827. The van der Waals surface area contributed by atoms with E-state index in [9.17, 15) is 0 Å². The molecule has 0 radical (unpaired) electrons. The Morgan fingerprint density at radius 3 is 1.45 bits per heavy atom. The molecule has 0 aliphatic carbocycles. The molecule has 0 aromatic rings. The molecule has 70 valence electrons. The molecule has 0 aromatic heterocycles. The maximum absolute atomic E-state index is 8.52. The molecule has 1 heterocycles. The summed E-state index contributed by atoms with van der Waals surface area (Å²) in [6.07, 6.45) is 2.56. The molecule has 0 bridgehead atoms. The summed E-state index contributed by atoms with van der Waals surface area (Å²) in [5.74, 6) is 0. The molecule has 0 amide bonds. The molecule has 11 heavy (non-hydrogen) atoms. The maximum Gasteiger partial charge on any atom is 0.0563 e. The second kappa shape index (κ2) is 6.58. The Hall–Kier alpha value is -0.120. The van der Waals surface area contributed by atoms with Crippen LogP contribution in [-0.2, 0) is 4.74 Å². The molecular formula is C8H21NO2. The summed E-state index contributed by atoms with van der Waals surface area (Å²) in [5, 5.41) is 8.52. The van der Waals surface area contributed by atoms with Gasteiger partial charge in [-0.15, -0.1) is 0 Å². The van der Waals surface area contributed by atoms with Gasteiger partial charge in [0.1, 0.15) is 0 Å². The molecule has 0 spiro atoms. The summed E-state index contributed by atoms with van der Waals surface area (Å²) < 4.78 is 4.94. The zero-order chi connectivity index (χ0) is 8.04. The minimum absolute atomic E-state index is 0. The first kappa shape index (κ1) is 13.5. The average molecular weight is 163 g/mol. The van der Waals surface area contributed by atoms with E-state index in [1.165, 1.54) is 12.8 Å². The van der Waals surface area contributed by atoms with Crippen LogP contribution >= 0.6 is 0 Å². The minimum Gasteiger partial charge on any atom is -0.391 e. The molecule has 4 N–H and O–H groups in total. The quantitative estimate of drug-likeness (QED) is 0.571. The van der Waals surface area contributed by atoms with E-state index in [1.54, 1.807) is 20.8 Å². The Kier molecular flexibility index (Phi) is 8.06. The van der Waals surface area contributed by atoms with Gasteiger partial charge < -0.3 is 16.0 Å². The second-order valence-corrected chi connectivity index (χ2v) is 3.49. The lowest BCUT2D eigenvalue weighted by Gasteiger charge is -2.04. The monoisotopic (exact) mass is 163 g/mol. The molecular weight excluding hydrogens is 142 g/mol. The van der Waals surface area contributed by atoms with Crippen LogP contribution in [0.25, 0.3) is 0 Å². The van der Waals surface area contributed by atoms with Crippen molar-refractivity contribution in [3.63, 3.8) is 0 Å². The number of hydrogen-bond acceptors (Lipinski definition) is 3. The van der Waals surface area contributed by atoms with Crippen LogP contribution in [0.5, 0.6) is 0 Å². The van der Waals surface area contributed by atoms with Gasteiger partial charge in [-0.25, -0.2) is 0 Å². The van der Waals surface area contributed by atoms with E-state index in [0.717, 1.165) is 13.2 Å². The number of hydrogen-bond donors (Lipinski definition) is 2. The first-order valence-corrected chi connectivity index (χ1v) is 3.80. The Labute approximate surface area is 69.3 Å². The molecule has 1 saturated heterocycles. The molecule has 0 aromatic carbocycles. The predicted molar refractivity (Wildman–Crippen MR) is 47.0 cm³/mol. The van der Waals surface area contributed by atoms with E-state index in [4.69, 9.17) is 9.84 Å². The fourth-order valence-electron chi connectivity index (χ4n) is 0.510. The van der Waals surface area contributed by atoms with E-state index < -0.39 is 5.60 Å². The average Bonchev–Trinajstić information content (AvgIpc) is 2.07. The highest BCUT2D eigenvalue weighted by molar-refractivity contribution is 4.50. The first-order valence-electron chi connectivity index (χ1n) is 3.80. The molecule has 0 unspecified atom stereocenters. The normalized spacial score (nSPS) is 16.4. The van der Waals surface area contributed by atoms with Gasteiger partial charge >= 0.3 is 0 Å². The van der Waals surface area contributed by atoms with Gasteiger partial charge in [0.2, 0.25) is 0 Å². The standard InChI is InChI=1S/C4H8O.C4H10O.H3N/c1-2-4-5-3-1;1-4(2,3)5;/h1-4H2;5H,1-3H3;1H3. The fourth-order valence-corrected chi connectivity index (χ4v) is 0.510. The molecule has 3 nitrogen and oxygen atoms in total. The number of ether oxygens (including phenoxy) is 1. The van der Waals surface area contributed by atoms with Crippen molar-refractivity contribution >= 4 is 0 Å². The summed E-state index contributed by atoms with van der Waals surface area (Å²) in [5.41, 5.74) is -0.500. The van der Waals surface area contributed by atoms with E-state index in [-0.39, 0.29) is 6.15 Å². The molecule has 0 saturated carbocycles. The molecule has 0 atom stereocenters. The van der Waals surface area contributed by atoms with Gasteiger partial charge in [-0.3, -0.25) is 0 Å². The molecule has 1 aliphatic heterocycles. The lowest BCUT2D eigenvalue weighted by Crippen LogP contribution is -2.10. The number of rotatable bonds is 0. The van der Waals surface area contributed by atoms with Gasteiger partial charge in [0.15, 0.2) is 0 Å². The zero-order valence-corrected chi connectivity index (χ0v) is 7.89. The fraction of sp³-hybridized carbons (Fsp3) is 1.00. The maximum atomic E-state index is 8.52. The van der Waals surface area contributed by atoms with E-state index >= 15 is 0 Å². The Morgan fingerprint density at radius 1 is 1.09 bits per heavy atom. The van der Waals surface area contributed by atoms with Crippen molar-refractivity contribution in [2.24, 2.45) is 0 Å². The summed E-state index contributed by atoms with van der Waals surface area (Å²) in [6.45, 7) is 7.23. The minimum atomic E-state index is -0.500. The van der Waals surface area contributed by atoms with Gasteiger partial charge in [-0.2, -0.15) is 0 Å². The second-order valence-electron chi connectivity index (χ2n) is 3.49. The Morgan fingerprint density at radius 2 is 1.36 bits per heavy atom. The van der Waals surface area contributed by atoms with Gasteiger partial charge in [0.05, 0.1) is 5.60 Å². The van der Waals surface area contributed by atoms with Crippen molar-refractivity contribution in [3.05, 3.63) is 0 Å². The van der Waals surface area contributed by atoms with Gasteiger partial charge in [0, 0.05) is 13.2 Å². The molecule has 3 heteroatoms. The van der Waals surface area contributed by atoms with E-state index in [0.29, 0.717) is 0 Å². The van der Waals surface area contributed by atoms with Gasteiger partial charge in [-0.1, -0.05) is 0 Å². The highest BCUT2D eigenvalue weighted by Gasteiger charge is 1.97. The third kappa shape index (κ3) is 25.8. The van der Waals surface area contributed by atoms with Crippen LogP contribution in [0.4, 0.5) is 0 Å². The van der Waals surface area contributed by atoms with Gasteiger partial charge in [0.25, 0.3) is 0 Å². The molecule has 1 rings (SSSR count). The highest BCUT2D eigenvalue weighted by atomic mass is 16.5. The highest BCUT2D eigenvalue weighted by Crippen LogP contribution is 1.98. The van der Waals surface area contributed by atoms with Crippen LogP contribution in [0, 0.1) is 0 Å². The first-order chi connectivity index (χ1) is 4.50. The van der Waals surface area contributed by atoms with E-state index in [2.05, 4.69) is 0 Å². The SMILES string of the molecule is C1CCOC1.CC(C)(C)O.N. The number of aliphatic hydroxyl groups is 1. The Balaban J connectivity index is 0. The summed E-state index contributed by atoms with van der Waals surface area (Å²) in [6, 6.07) is 0. The summed E-state index contributed by atoms with van der Waals surface area (Å²) in [4.78, 5) is 0. The van der Waals surface area contributed by atoms with Crippen molar-refractivity contribution in [1.29, 1.82) is 0 Å². The lowest BCUT2D eigenvalue weighted by atomic mass is 10.2. The van der Waals surface area contributed by atoms with Crippen molar-refractivity contribution < 1.29 is 9.84 Å². The van der Waals surface area contributed by atoms with E-state index in [1.807, 2.05) is 0 Å². The summed E-state index contributed by atoms with van der Waals surface area (Å²) in [7, 11) is 0. The largest absolute Gasteiger partial charge is 0.391 e. The van der Waals surface area contributed by atoms with Crippen LogP contribution in [0.2, 0.25) is 0 Å².